The standard InChI is InChI=1S/C23H24N6O2S2/c1-14-18(6-16(7-24-14)26-20(30)10-28-12-23(2,3)13-28)27-21(31)17-8-25-29-9-19(33-22(17)29)15-4-5-32-11-15/h4-9,11H,10,12-13H2,1-3H3,(H,26,30)(H,27,31). The summed E-state index contributed by atoms with van der Waals surface area (Å²) < 4.78 is 1.73. The first-order valence-electron chi connectivity index (χ1n) is 10.6. The van der Waals surface area contributed by atoms with Gasteiger partial charge in [-0.1, -0.05) is 13.8 Å². The number of aryl methyl sites for hydroxylation is 1. The van der Waals surface area contributed by atoms with Crippen molar-refractivity contribution in [3.8, 4) is 10.4 Å². The van der Waals surface area contributed by atoms with Crippen LogP contribution in [0.4, 0.5) is 11.4 Å². The van der Waals surface area contributed by atoms with Crippen molar-refractivity contribution in [1.82, 2.24) is 19.5 Å². The summed E-state index contributed by atoms with van der Waals surface area (Å²) in [4.78, 5) is 33.7. The second-order valence-electron chi connectivity index (χ2n) is 9.08. The number of nitrogens with zero attached hydrogens (tertiary/aromatic N) is 4. The first-order valence-corrected chi connectivity index (χ1v) is 12.3. The van der Waals surface area contributed by atoms with Crippen LogP contribution in [0.3, 0.4) is 0 Å². The average Bonchev–Trinajstić information content (AvgIpc) is 3.45. The number of likely N-dealkylation sites (tertiary alicyclic amines) is 1. The molecule has 2 N–H and O–H groups in total. The maximum atomic E-state index is 13.0. The van der Waals surface area contributed by atoms with E-state index in [0.717, 1.165) is 28.4 Å². The fourth-order valence-electron chi connectivity index (χ4n) is 4.08. The van der Waals surface area contributed by atoms with Crippen LogP contribution in [-0.2, 0) is 4.79 Å². The highest BCUT2D eigenvalue weighted by atomic mass is 32.1. The Morgan fingerprint density at radius 2 is 2.03 bits per heavy atom. The number of thiophene rings is 1. The van der Waals surface area contributed by atoms with Crippen molar-refractivity contribution in [1.29, 1.82) is 0 Å². The van der Waals surface area contributed by atoms with E-state index >= 15 is 0 Å². The summed E-state index contributed by atoms with van der Waals surface area (Å²) in [6.07, 6.45) is 5.11. The summed E-state index contributed by atoms with van der Waals surface area (Å²) in [5.41, 5.74) is 3.66. The lowest BCUT2D eigenvalue weighted by Gasteiger charge is -2.45. The molecule has 1 aliphatic heterocycles. The van der Waals surface area contributed by atoms with Gasteiger partial charge in [-0.25, -0.2) is 4.52 Å². The largest absolute Gasteiger partial charge is 0.324 e. The molecule has 4 aromatic heterocycles. The van der Waals surface area contributed by atoms with E-state index in [4.69, 9.17) is 0 Å². The Morgan fingerprint density at radius 3 is 2.76 bits per heavy atom. The van der Waals surface area contributed by atoms with Crippen LogP contribution in [0.5, 0.6) is 0 Å². The first kappa shape index (κ1) is 21.7. The Kier molecular flexibility index (Phi) is 5.51. The number of hydrogen-bond donors (Lipinski definition) is 2. The van der Waals surface area contributed by atoms with Crippen molar-refractivity contribution >= 4 is 50.7 Å². The highest BCUT2D eigenvalue weighted by molar-refractivity contribution is 7.21. The van der Waals surface area contributed by atoms with Gasteiger partial charge in [-0.3, -0.25) is 19.5 Å². The van der Waals surface area contributed by atoms with Crippen LogP contribution in [0.2, 0.25) is 0 Å². The molecule has 0 saturated carbocycles. The van der Waals surface area contributed by atoms with Crippen LogP contribution in [0.25, 0.3) is 15.3 Å². The van der Waals surface area contributed by atoms with Crippen LogP contribution >= 0.6 is 22.7 Å². The zero-order chi connectivity index (χ0) is 23.2. The summed E-state index contributed by atoms with van der Waals surface area (Å²) in [5, 5.41) is 14.2. The minimum Gasteiger partial charge on any atom is -0.324 e. The molecule has 1 saturated heterocycles. The van der Waals surface area contributed by atoms with Gasteiger partial charge in [0.15, 0.2) is 0 Å². The number of pyridine rings is 1. The lowest BCUT2D eigenvalue weighted by atomic mass is 9.84. The van der Waals surface area contributed by atoms with Crippen molar-refractivity contribution < 1.29 is 9.59 Å². The zero-order valence-electron chi connectivity index (χ0n) is 18.6. The van der Waals surface area contributed by atoms with Crippen LogP contribution < -0.4 is 10.6 Å². The SMILES string of the molecule is Cc1ncc(NC(=O)CN2CC(C)(C)C2)cc1NC(=O)c1cnn2cc(-c3ccsc3)sc12. The van der Waals surface area contributed by atoms with Crippen molar-refractivity contribution in [2.24, 2.45) is 5.41 Å². The Labute approximate surface area is 199 Å². The molecule has 0 radical (unpaired) electrons. The van der Waals surface area contributed by atoms with Gasteiger partial charge in [0.25, 0.3) is 5.91 Å². The van der Waals surface area contributed by atoms with E-state index in [9.17, 15) is 9.59 Å². The van der Waals surface area contributed by atoms with Gasteiger partial charge in [0.05, 0.1) is 46.4 Å². The minimum absolute atomic E-state index is 0.0914. The van der Waals surface area contributed by atoms with Gasteiger partial charge in [-0.05, 0) is 35.2 Å². The van der Waals surface area contributed by atoms with Crippen molar-refractivity contribution in [2.45, 2.75) is 20.8 Å². The van der Waals surface area contributed by atoms with Gasteiger partial charge < -0.3 is 10.6 Å². The number of fused-ring (bicyclic) bond motifs is 1. The maximum absolute atomic E-state index is 13.0. The molecular weight excluding hydrogens is 456 g/mol. The van der Waals surface area contributed by atoms with Gasteiger partial charge in [0.2, 0.25) is 5.91 Å². The van der Waals surface area contributed by atoms with Gasteiger partial charge >= 0.3 is 0 Å². The Bertz CT molecular complexity index is 1330. The van der Waals surface area contributed by atoms with Gasteiger partial charge in [0.1, 0.15) is 4.83 Å². The van der Waals surface area contributed by atoms with E-state index in [1.54, 1.807) is 34.3 Å². The molecule has 0 unspecified atom stereocenters. The molecular formula is C23H24N6O2S2. The highest BCUT2D eigenvalue weighted by Gasteiger charge is 2.34. The summed E-state index contributed by atoms with van der Waals surface area (Å²) >= 11 is 3.16. The summed E-state index contributed by atoms with van der Waals surface area (Å²) in [6.45, 7) is 8.35. The van der Waals surface area contributed by atoms with Gasteiger partial charge in [0, 0.05) is 24.8 Å². The lowest BCUT2D eigenvalue weighted by Crippen LogP contribution is -2.54. The number of aromatic nitrogens is 3. The molecule has 0 bridgehead atoms. The first-order chi connectivity index (χ1) is 15.8. The lowest BCUT2D eigenvalue weighted by molar-refractivity contribution is -0.120. The molecule has 5 heterocycles. The molecule has 10 heteroatoms. The highest BCUT2D eigenvalue weighted by Crippen LogP contribution is 2.32. The fourth-order valence-corrected chi connectivity index (χ4v) is 5.86. The molecule has 0 aromatic carbocycles. The average molecular weight is 481 g/mol. The molecule has 5 rings (SSSR count). The minimum atomic E-state index is -0.264. The summed E-state index contributed by atoms with van der Waals surface area (Å²) in [7, 11) is 0. The third-order valence-corrected chi connectivity index (χ3v) is 7.38. The van der Waals surface area contributed by atoms with E-state index in [1.165, 1.54) is 11.3 Å². The van der Waals surface area contributed by atoms with Crippen molar-refractivity contribution in [2.75, 3.05) is 30.3 Å². The van der Waals surface area contributed by atoms with Crippen LogP contribution in [0, 0.1) is 12.3 Å². The third kappa shape index (κ3) is 4.54. The number of thiazole rings is 1. The van der Waals surface area contributed by atoms with E-state index in [-0.39, 0.29) is 17.2 Å². The normalized spacial score (nSPS) is 15.4. The summed E-state index contributed by atoms with van der Waals surface area (Å²) in [6, 6.07) is 3.79. The quantitative estimate of drug-likeness (QED) is 0.428. The van der Waals surface area contributed by atoms with Crippen molar-refractivity contribution in [3.63, 3.8) is 0 Å². The fraction of sp³-hybridized carbons (Fsp3) is 0.304. The number of anilines is 2. The van der Waals surface area contributed by atoms with Crippen LogP contribution in [0.15, 0.2) is 41.5 Å². The number of hydrogen-bond acceptors (Lipinski definition) is 7. The van der Waals surface area contributed by atoms with Gasteiger partial charge in [-0.2, -0.15) is 16.4 Å². The van der Waals surface area contributed by atoms with Crippen molar-refractivity contribution in [3.05, 3.63) is 52.7 Å². The van der Waals surface area contributed by atoms with E-state index < -0.39 is 0 Å². The molecule has 4 aromatic rings. The number of nitrogens with one attached hydrogen (secondary N) is 2. The molecule has 0 spiro atoms. The zero-order valence-corrected chi connectivity index (χ0v) is 20.2. The molecule has 1 aliphatic rings. The molecule has 170 valence electrons. The summed E-state index contributed by atoms with van der Waals surface area (Å²) in [5.74, 6) is -0.355. The van der Waals surface area contributed by atoms with Crippen LogP contribution in [0.1, 0.15) is 29.9 Å². The number of carbonyl (C=O) groups is 2. The second-order valence-corrected chi connectivity index (χ2v) is 10.9. The topological polar surface area (TPSA) is 91.6 Å². The Morgan fingerprint density at radius 1 is 1.21 bits per heavy atom. The third-order valence-electron chi connectivity index (χ3n) is 5.54. The Balaban J connectivity index is 1.29. The predicted molar refractivity (Wildman–Crippen MR) is 132 cm³/mol. The molecule has 0 aliphatic carbocycles. The molecule has 1 fully saturated rings. The maximum Gasteiger partial charge on any atom is 0.260 e. The molecule has 2 amide bonds. The monoisotopic (exact) mass is 480 g/mol. The Hall–Kier alpha value is -3.08. The predicted octanol–water partition coefficient (Wildman–Crippen LogP) is 4.36. The number of amides is 2. The second kappa shape index (κ2) is 8.36. The van der Waals surface area contributed by atoms with E-state index in [2.05, 4.69) is 44.8 Å². The number of rotatable bonds is 6. The molecule has 0 atom stereocenters. The van der Waals surface area contributed by atoms with E-state index in [1.807, 2.05) is 24.6 Å². The van der Waals surface area contributed by atoms with Crippen LogP contribution in [-0.4, -0.2) is 50.9 Å². The van der Waals surface area contributed by atoms with Gasteiger partial charge in [-0.15, -0.1) is 11.3 Å². The smallest absolute Gasteiger partial charge is 0.260 e. The number of carbonyl (C=O) groups excluding carboxylic acids is 2. The molecule has 33 heavy (non-hydrogen) atoms. The molecule has 8 nitrogen and oxygen atoms in total. The van der Waals surface area contributed by atoms with E-state index in [0.29, 0.717) is 29.2 Å².